The van der Waals surface area contributed by atoms with Gasteiger partial charge in [-0.3, -0.25) is 4.79 Å². The fourth-order valence-electron chi connectivity index (χ4n) is 2.72. The molecule has 1 aromatic carbocycles. The maximum atomic E-state index is 12.7. The van der Waals surface area contributed by atoms with E-state index in [1.165, 1.54) is 5.01 Å². The van der Waals surface area contributed by atoms with Crippen molar-refractivity contribution >= 4 is 17.3 Å². The monoisotopic (exact) mass is 285 g/mol. The molecule has 0 aromatic heterocycles. The normalized spacial score (nSPS) is 21.6. The van der Waals surface area contributed by atoms with Crippen LogP contribution in [0.2, 0.25) is 0 Å². The van der Waals surface area contributed by atoms with Gasteiger partial charge in [-0.05, 0) is 26.0 Å². The summed E-state index contributed by atoms with van der Waals surface area (Å²) >= 11 is 0. The highest BCUT2D eigenvalue weighted by molar-refractivity contribution is 6.30. The SMILES string of the molecule is CC1=NN(c2ccccc2)C(=O)/C1=C(/C)N1CCOCC1. The van der Waals surface area contributed by atoms with Crippen molar-refractivity contribution in [1.82, 2.24) is 4.90 Å². The maximum Gasteiger partial charge on any atom is 0.282 e. The van der Waals surface area contributed by atoms with Gasteiger partial charge in [-0.15, -0.1) is 0 Å². The number of allylic oxidation sites excluding steroid dienone is 1. The summed E-state index contributed by atoms with van der Waals surface area (Å²) in [4.78, 5) is 14.9. The van der Waals surface area contributed by atoms with E-state index in [0.29, 0.717) is 18.8 Å². The molecule has 110 valence electrons. The molecule has 5 nitrogen and oxygen atoms in total. The molecule has 0 saturated carbocycles. The minimum atomic E-state index is -0.0531. The summed E-state index contributed by atoms with van der Waals surface area (Å²) < 4.78 is 5.37. The van der Waals surface area contributed by atoms with E-state index in [9.17, 15) is 4.79 Å². The van der Waals surface area contributed by atoms with Crippen LogP contribution in [0.4, 0.5) is 5.69 Å². The van der Waals surface area contributed by atoms with E-state index in [-0.39, 0.29) is 5.91 Å². The molecule has 0 N–H and O–H groups in total. The third-order valence-corrected chi connectivity index (χ3v) is 3.87. The number of amides is 1. The van der Waals surface area contributed by atoms with Gasteiger partial charge in [0.05, 0.1) is 30.2 Å². The molecule has 1 aromatic rings. The van der Waals surface area contributed by atoms with Crippen LogP contribution in [0, 0.1) is 0 Å². The molecule has 0 spiro atoms. The molecule has 3 rings (SSSR count). The van der Waals surface area contributed by atoms with Crippen molar-refractivity contribution in [3.05, 3.63) is 41.6 Å². The van der Waals surface area contributed by atoms with E-state index in [1.54, 1.807) is 0 Å². The molecule has 0 atom stereocenters. The summed E-state index contributed by atoms with van der Waals surface area (Å²) in [5.74, 6) is -0.0531. The number of morpholine rings is 1. The van der Waals surface area contributed by atoms with E-state index in [0.717, 1.165) is 30.2 Å². The van der Waals surface area contributed by atoms with Crippen molar-refractivity contribution in [2.45, 2.75) is 13.8 Å². The zero-order chi connectivity index (χ0) is 14.8. The fourth-order valence-corrected chi connectivity index (χ4v) is 2.72. The molecule has 1 saturated heterocycles. The molecular formula is C16H19N3O2. The quantitative estimate of drug-likeness (QED) is 0.781. The van der Waals surface area contributed by atoms with Gasteiger partial charge in [-0.2, -0.15) is 10.1 Å². The second-order valence-corrected chi connectivity index (χ2v) is 5.20. The van der Waals surface area contributed by atoms with Crippen LogP contribution in [0.25, 0.3) is 0 Å². The van der Waals surface area contributed by atoms with E-state index in [1.807, 2.05) is 44.2 Å². The average molecular weight is 285 g/mol. The molecule has 21 heavy (non-hydrogen) atoms. The maximum absolute atomic E-state index is 12.7. The Balaban J connectivity index is 1.91. The van der Waals surface area contributed by atoms with Crippen LogP contribution in [0.5, 0.6) is 0 Å². The summed E-state index contributed by atoms with van der Waals surface area (Å²) in [6, 6.07) is 9.52. The molecule has 1 amide bonds. The van der Waals surface area contributed by atoms with E-state index in [2.05, 4.69) is 10.0 Å². The Hall–Kier alpha value is -2.14. The number of benzene rings is 1. The minimum absolute atomic E-state index is 0.0531. The van der Waals surface area contributed by atoms with Crippen molar-refractivity contribution in [3.8, 4) is 0 Å². The van der Waals surface area contributed by atoms with Gasteiger partial charge in [0.25, 0.3) is 5.91 Å². The summed E-state index contributed by atoms with van der Waals surface area (Å²) in [7, 11) is 0. The van der Waals surface area contributed by atoms with Gasteiger partial charge in [0, 0.05) is 18.8 Å². The second kappa shape index (κ2) is 5.69. The number of carbonyl (C=O) groups excluding carboxylic acids is 1. The fraction of sp³-hybridized carbons (Fsp3) is 0.375. The van der Waals surface area contributed by atoms with Gasteiger partial charge in [-0.25, -0.2) is 0 Å². The predicted octanol–water partition coefficient (Wildman–Crippen LogP) is 2.02. The molecule has 2 aliphatic rings. The van der Waals surface area contributed by atoms with Crippen LogP contribution in [-0.4, -0.2) is 42.8 Å². The van der Waals surface area contributed by atoms with Crippen molar-refractivity contribution in [2.75, 3.05) is 31.3 Å². The first-order valence-corrected chi connectivity index (χ1v) is 7.17. The van der Waals surface area contributed by atoms with Crippen molar-refractivity contribution < 1.29 is 9.53 Å². The first-order valence-electron chi connectivity index (χ1n) is 7.17. The van der Waals surface area contributed by atoms with Gasteiger partial charge in [0.1, 0.15) is 0 Å². The zero-order valence-electron chi connectivity index (χ0n) is 12.4. The molecule has 0 unspecified atom stereocenters. The molecule has 5 heteroatoms. The average Bonchev–Trinajstić information content (AvgIpc) is 2.83. The lowest BCUT2D eigenvalue weighted by Gasteiger charge is -2.30. The number of hydrogen-bond donors (Lipinski definition) is 0. The van der Waals surface area contributed by atoms with E-state index in [4.69, 9.17) is 4.74 Å². The van der Waals surface area contributed by atoms with Crippen molar-refractivity contribution in [1.29, 1.82) is 0 Å². The Morgan fingerprint density at radius 1 is 1.19 bits per heavy atom. The Bertz CT molecular complexity index is 601. The van der Waals surface area contributed by atoms with Crippen LogP contribution in [0.1, 0.15) is 13.8 Å². The molecule has 2 heterocycles. The van der Waals surface area contributed by atoms with Gasteiger partial charge in [0.2, 0.25) is 0 Å². The number of para-hydroxylation sites is 1. The third-order valence-electron chi connectivity index (χ3n) is 3.87. The highest BCUT2D eigenvalue weighted by Crippen LogP contribution is 2.26. The number of carbonyl (C=O) groups is 1. The Morgan fingerprint density at radius 2 is 1.86 bits per heavy atom. The van der Waals surface area contributed by atoms with Crippen LogP contribution in [-0.2, 0) is 9.53 Å². The van der Waals surface area contributed by atoms with Crippen molar-refractivity contribution in [3.63, 3.8) is 0 Å². The number of ether oxygens (including phenoxy) is 1. The summed E-state index contributed by atoms with van der Waals surface area (Å²) in [6.07, 6.45) is 0. The first-order chi connectivity index (χ1) is 10.2. The summed E-state index contributed by atoms with van der Waals surface area (Å²) in [5.41, 5.74) is 3.27. The molecule has 2 aliphatic heterocycles. The van der Waals surface area contributed by atoms with Gasteiger partial charge in [0.15, 0.2) is 0 Å². The largest absolute Gasteiger partial charge is 0.378 e. The number of nitrogens with zero attached hydrogens (tertiary/aromatic N) is 3. The summed E-state index contributed by atoms with van der Waals surface area (Å²) in [5, 5.41) is 5.90. The number of rotatable bonds is 2. The first kappa shape index (κ1) is 13.8. The standard InChI is InChI=1S/C16H19N3O2/c1-12-15(13(2)18-8-10-21-11-9-18)16(20)19(17-12)14-6-4-3-5-7-14/h3-7H,8-11H2,1-2H3/b15-13-. The van der Waals surface area contributed by atoms with Crippen LogP contribution >= 0.6 is 0 Å². The van der Waals surface area contributed by atoms with E-state index >= 15 is 0 Å². The predicted molar refractivity (Wildman–Crippen MR) is 82.1 cm³/mol. The molecule has 0 aliphatic carbocycles. The number of hydrazone groups is 1. The van der Waals surface area contributed by atoms with Gasteiger partial charge >= 0.3 is 0 Å². The molecule has 1 fully saturated rings. The molecule has 0 bridgehead atoms. The van der Waals surface area contributed by atoms with Crippen LogP contribution in [0.3, 0.4) is 0 Å². The van der Waals surface area contributed by atoms with Gasteiger partial charge < -0.3 is 9.64 Å². The van der Waals surface area contributed by atoms with Gasteiger partial charge in [-0.1, -0.05) is 18.2 Å². The smallest absolute Gasteiger partial charge is 0.282 e. The zero-order valence-corrected chi connectivity index (χ0v) is 12.4. The second-order valence-electron chi connectivity index (χ2n) is 5.20. The Morgan fingerprint density at radius 3 is 2.52 bits per heavy atom. The van der Waals surface area contributed by atoms with Crippen LogP contribution in [0.15, 0.2) is 46.7 Å². The number of anilines is 1. The topological polar surface area (TPSA) is 45.1 Å². The molecule has 0 radical (unpaired) electrons. The summed E-state index contributed by atoms with van der Waals surface area (Å²) in [6.45, 7) is 6.93. The lowest BCUT2D eigenvalue weighted by Crippen LogP contribution is -2.36. The lowest BCUT2D eigenvalue weighted by atomic mass is 10.1. The van der Waals surface area contributed by atoms with E-state index < -0.39 is 0 Å². The van der Waals surface area contributed by atoms with Crippen LogP contribution < -0.4 is 5.01 Å². The lowest BCUT2D eigenvalue weighted by molar-refractivity contribution is -0.114. The Kier molecular flexibility index (Phi) is 3.75. The molecular weight excluding hydrogens is 266 g/mol. The van der Waals surface area contributed by atoms with Crippen molar-refractivity contribution in [2.24, 2.45) is 5.10 Å². The Labute approximate surface area is 124 Å². The minimum Gasteiger partial charge on any atom is -0.378 e. The number of hydrogen-bond acceptors (Lipinski definition) is 4. The third kappa shape index (κ3) is 2.56. The highest BCUT2D eigenvalue weighted by Gasteiger charge is 2.32. The highest BCUT2D eigenvalue weighted by atomic mass is 16.5.